The number of anilines is 2. The highest BCUT2D eigenvalue weighted by Crippen LogP contribution is 2.38. The molecule has 0 aliphatic heterocycles. The first-order chi connectivity index (χ1) is 12.1. The summed E-state index contributed by atoms with van der Waals surface area (Å²) < 4.78 is 0. The standard InChI is InChI=1S/C23H34N2/c1-3-4-5-6-7-8-9-16-23(2,19-12-10-14-21(24)17-19)20-13-11-15-22(25)18-20/h10-15,17-18H,3-9,16,24-25H2,1-2H3. The van der Waals surface area contributed by atoms with Gasteiger partial charge in [-0.05, 0) is 41.8 Å². The van der Waals surface area contributed by atoms with Crippen molar-refractivity contribution in [2.24, 2.45) is 0 Å². The minimum absolute atomic E-state index is 0.0474. The molecular formula is C23H34N2. The Hall–Kier alpha value is -1.96. The van der Waals surface area contributed by atoms with Crippen LogP contribution in [0.4, 0.5) is 11.4 Å². The number of hydrogen-bond acceptors (Lipinski definition) is 2. The number of unbranched alkanes of at least 4 members (excludes halogenated alkanes) is 6. The Kier molecular flexibility index (Phi) is 7.36. The van der Waals surface area contributed by atoms with E-state index >= 15 is 0 Å². The molecule has 0 aliphatic carbocycles. The van der Waals surface area contributed by atoms with Crippen LogP contribution < -0.4 is 11.5 Å². The quantitative estimate of drug-likeness (QED) is 0.394. The summed E-state index contributed by atoms with van der Waals surface area (Å²) in [7, 11) is 0. The van der Waals surface area contributed by atoms with E-state index in [9.17, 15) is 0 Å². The fourth-order valence-electron chi connectivity index (χ4n) is 3.65. The molecule has 0 spiro atoms. The molecule has 0 fully saturated rings. The van der Waals surface area contributed by atoms with Gasteiger partial charge in [-0.1, -0.05) is 83.1 Å². The fraction of sp³-hybridized carbons (Fsp3) is 0.478. The third-order valence-corrected chi connectivity index (χ3v) is 5.33. The molecule has 0 radical (unpaired) electrons. The van der Waals surface area contributed by atoms with Crippen LogP contribution in [0.5, 0.6) is 0 Å². The number of hydrogen-bond donors (Lipinski definition) is 2. The summed E-state index contributed by atoms with van der Waals surface area (Å²) in [6.07, 6.45) is 10.4. The first kappa shape index (κ1) is 19.4. The van der Waals surface area contributed by atoms with Gasteiger partial charge >= 0.3 is 0 Å². The lowest BCUT2D eigenvalue weighted by Gasteiger charge is -2.32. The van der Waals surface area contributed by atoms with Crippen molar-refractivity contribution < 1.29 is 0 Å². The van der Waals surface area contributed by atoms with Crippen LogP contribution in [0.1, 0.15) is 76.3 Å². The van der Waals surface area contributed by atoms with E-state index < -0.39 is 0 Å². The Morgan fingerprint density at radius 1 is 0.720 bits per heavy atom. The van der Waals surface area contributed by atoms with Gasteiger partial charge in [-0.15, -0.1) is 0 Å². The van der Waals surface area contributed by atoms with Crippen molar-refractivity contribution >= 4 is 11.4 Å². The monoisotopic (exact) mass is 338 g/mol. The lowest BCUT2D eigenvalue weighted by atomic mass is 9.72. The molecular weight excluding hydrogens is 304 g/mol. The summed E-state index contributed by atoms with van der Waals surface area (Å²) in [5.41, 5.74) is 16.3. The Morgan fingerprint density at radius 2 is 1.20 bits per heavy atom. The van der Waals surface area contributed by atoms with Crippen molar-refractivity contribution in [3.8, 4) is 0 Å². The van der Waals surface area contributed by atoms with Crippen LogP contribution in [0.15, 0.2) is 48.5 Å². The van der Waals surface area contributed by atoms with E-state index in [2.05, 4.69) is 50.2 Å². The molecule has 25 heavy (non-hydrogen) atoms. The van der Waals surface area contributed by atoms with Crippen molar-refractivity contribution in [2.45, 2.75) is 70.6 Å². The average molecular weight is 339 g/mol. The molecule has 2 aromatic rings. The van der Waals surface area contributed by atoms with Crippen LogP contribution in [0.25, 0.3) is 0 Å². The van der Waals surface area contributed by atoms with Crippen LogP contribution in [0.3, 0.4) is 0 Å². The number of nitrogens with two attached hydrogens (primary N) is 2. The number of rotatable bonds is 10. The van der Waals surface area contributed by atoms with Gasteiger partial charge in [0.1, 0.15) is 0 Å². The summed E-state index contributed by atoms with van der Waals surface area (Å²) in [4.78, 5) is 0. The van der Waals surface area contributed by atoms with Crippen LogP contribution >= 0.6 is 0 Å². The molecule has 0 heterocycles. The Balaban J connectivity index is 2.10. The summed E-state index contributed by atoms with van der Waals surface area (Å²) in [6, 6.07) is 16.6. The van der Waals surface area contributed by atoms with E-state index in [4.69, 9.17) is 11.5 Å². The maximum atomic E-state index is 6.06. The van der Waals surface area contributed by atoms with Crippen LogP contribution in [0.2, 0.25) is 0 Å². The van der Waals surface area contributed by atoms with Gasteiger partial charge in [0.05, 0.1) is 0 Å². The van der Waals surface area contributed by atoms with Crippen molar-refractivity contribution in [3.05, 3.63) is 59.7 Å². The predicted octanol–water partition coefficient (Wildman–Crippen LogP) is 6.30. The van der Waals surface area contributed by atoms with Gasteiger partial charge < -0.3 is 11.5 Å². The van der Waals surface area contributed by atoms with Crippen molar-refractivity contribution in [3.63, 3.8) is 0 Å². The second-order valence-electron chi connectivity index (χ2n) is 7.45. The van der Waals surface area contributed by atoms with E-state index in [-0.39, 0.29) is 5.41 Å². The van der Waals surface area contributed by atoms with Crippen LogP contribution in [0, 0.1) is 0 Å². The zero-order valence-electron chi connectivity index (χ0n) is 15.9. The minimum Gasteiger partial charge on any atom is -0.399 e. The van der Waals surface area contributed by atoms with Gasteiger partial charge in [0.15, 0.2) is 0 Å². The van der Waals surface area contributed by atoms with Crippen molar-refractivity contribution in [1.82, 2.24) is 0 Å². The molecule has 0 aliphatic rings. The van der Waals surface area contributed by atoms with E-state index in [0.29, 0.717) is 0 Å². The molecule has 0 aromatic heterocycles. The molecule has 0 saturated heterocycles. The normalized spacial score (nSPS) is 11.6. The fourth-order valence-corrected chi connectivity index (χ4v) is 3.65. The molecule has 0 bridgehead atoms. The zero-order valence-corrected chi connectivity index (χ0v) is 15.9. The summed E-state index contributed by atoms with van der Waals surface area (Å²) in [5, 5.41) is 0. The number of benzene rings is 2. The van der Waals surface area contributed by atoms with Gasteiger partial charge in [-0.3, -0.25) is 0 Å². The number of nitrogen functional groups attached to an aromatic ring is 2. The third-order valence-electron chi connectivity index (χ3n) is 5.33. The average Bonchev–Trinajstić information content (AvgIpc) is 2.61. The van der Waals surface area contributed by atoms with Gasteiger partial charge in [0, 0.05) is 16.8 Å². The highest BCUT2D eigenvalue weighted by Gasteiger charge is 2.28. The third kappa shape index (κ3) is 5.52. The SMILES string of the molecule is CCCCCCCCCC(C)(c1cccc(N)c1)c1cccc(N)c1. The highest BCUT2D eigenvalue weighted by molar-refractivity contribution is 5.50. The molecule has 4 N–H and O–H groups in total. The molecule has 2 heteroatoms. The van der Waals surface area contributed by atoms with E-state index in [1.165, 1.54) is 56.1 Å². The molecule has 0 unspecified atom stereocenters. The molecule has 2 nitrogen and oxygen atoms in total. The van der Waals surface area contributed by atoms with Gasteiger partial charge in [0.2, 0.25) is 0 Å². The second kappa shape index (κ2) is 9.50. The maximum absolute atomic E-state index is 6.06. The maximum Gasteiger partial charge on any atom is 0.0317 e. The topological polar surface area (TPSA) is 52.0 Å². The van der Waals surface area contributed by atoms with Crippen molar-refractivity contribution in [2.75, 3.05) is 11.5 Å². The molecule has 2 rings (SSSR count). The summed E-state index contributed by atoms with van der Waals surface area (Å²) in [5.74, 6) is 0. The Morgan fingerprint density at radius 3 is 1.68 bits per heavy atom. The van der Waals surface area contributed by atoms with Gasteiger partial charge in [-0.25, -0.2) is 0 Å². The summed E-state index contributed by atoms with van der Waals surface area (Å²) in [6.45, 7) is 4.59. The lowest BCUT2D eigenvalue weighted by Crippen LogP contribution is -2.24. The minimum atomic E-state index is -0.0474. The largest absolute Gasteiger partial charge is 0.399 e. The Bertz CT molecular complexity index is 603. The molecule has 0 saturated carbocycles. The highest BCUT2D eigenvalue weighted by atomic mass is 14.6. The van der Waals surface area contributed by atoms with Gasteiger partial charge in [0.25, 0.3) is 0 Å². The van der Waals surface area contributed by atoms with E-state index in [1.54, 1.807) is 0 Å². The second-order valence-corrected chi connectivity index (χ2v) is 7.45. The van der Waals surface area contributed by atoms with Crippen LogP contribution in [-0.2, 0) is 5.41 Å². The summed E-state index contributed by atoms with van der Waals surface area (Å²) >= 11 is 0. The molecule has 0 atom stereocenters. The predicted molar refractivity (Wildman–Crippen MR) is 111 cm³/mol. The van der Waals surface area contributed by atoms with E-state index in [0.717, 1.165) is 17.8 Å². The molecule has 0 amide bonds. The van der Waals surface area contributed by atoms with Crippen LogP contribution in [-0.4, -0.2) is 0 Å². The first-order valence-electron chi connectivity index (χ1n) is 9.78. The lowest BCUT2D eigenvalue weighted by molar-refractivity contribution is 0.471. The molecule has 136 valence electrons. The first-order valence-corrected chi connectivity index (χ1v) is 9.78. The zero-order chi connectivity index (χ0) is 18.1. The van der Waals surface area contributed by atoms with E-state index in [1.807, 2.05) is 12.1 Å². The van der Waals surface area contributed by atoms with Gasteiger partial charge in [-0.2, -0.15) is 0 Å². The van der Waals surface area contributed by atoms with Crippen molar-refractivity contribution in [1.29, 1.82) is 0 Å². The molecule has 2 aromatic carbocycles. The Labute approximate surface area is 153 Å². The smallest absolute Gasteiger partial charge is 0.0317 e.